The van der Waals surface area contributed by atoms with E-state index in [1.54, 1.807) is 19.2 Å². The Bertz CT molecular complexity index is 1270. The molecule has 27 heavy (non-hydrogen) atoms. The Morgan fingerprint density at radius 2 is 1.81 bits per heavy atom. The van der Waals surface area contributed by atoms with E-state index in [1.165, 1.54) is 29.0 Å². The van der Waals surface area contributed by atoms with Gasteiger partial charge in [-0.3, -0.25) is 14.3 Å². The van der Waals surface area contributed by atoms with Gasteiger partial charge in [0.15, 0.2) is 5.58 Å². The van der Waals surface area contributed by atoms with Crippen molar-refractivity contribution in [1.29, 1.82) is 0 Å². The Balaban J connectivity index is 1.62. The van der Waals surface area contributed by atoms with Crippen LogP contribution in [0.5, 0.6) is 0 Å². The highest BCUT2D eigenvalue weighted by Crippen LogP contribution is 2.22. The maximum Gasteiger partial charge on any atom is 0.419 e. The normalized spacial score (nSPS) is 11.6. The van der Waals surface area contributed by atoms with Crippen LogP contribution < -0.4 is 10.5 Å². The van der Waals surface area contributed by atoms with Gasteiger partial charge in [-0.05, 0) is 24.3 Å². The zero-order chi connectivity index (χ0) is 19.0. The standard InChI is InChI=1S/C19H15N3O4S/c1-22-17-10-8-15(11-18(17)26-19(22)23)27(24,25)21-14-7-9-16(20-12-14)13-5-3-2-4-6-13/h2-12,21H,1H3. The number of hydrogen-bond acceptors (Lipinski definition) is 5. The fraction of sp³-hybridized carbons (Fsp3) is 0.0526. The molecule has 0 atom stereocenters. The van der Waals surface area contributed by atoms with Crippen molar-refractivity contribution in [2.45, 2.75) is 4.90 Å². The second-order valence-corrected chi connectivity index (χ2v) is 7.64. The van der Waals surface area contributed by atoms with Crippen molar-refractivity contribution < 1.29 is 12.8 Å². The van der Waals surface area contributed by atoms with Crippen LogP contribution in [0.1, 0.15) is 0 Å². The molecule has 1 N–H and O–H groups in total. The molecule has 2 aromatic heterocycles. The van der Waals surface area contributed by atoms with Crippen LogP contribution in [0.25, 0.3) is 22.4 Å². The molecular formula is C19H15N3O4S. The molecule has 2 heterocycles. The molecule has 0 unspecified atom stereocenters. The number of benzene rings is 2. The number of nitrogens with zero attached hydrogens (tertiary/aromatic N) is 2. The Hall–Kier alpha value is -3.39. The molecule has 2 aromatic carbocycles. The van der Waals surface area contributed by atoms with Gasteiger partial charge < -0.3 is 4.42 Å². The van der Waals surface area contributed by atoms with Crippen molar-refractivity contribution in [3.63, 3.8) is 0 Å². The van der Waals surface area contributed by atoms with Crippen molar-refractivity contribution in [3.8, 4) is 11.3 Å². The minimum absolute atomic E-state index is 0.00325. The highest BCUT2D eigenvalue weighted by atomic mass is 32.2. The van der Waals surface area contributed by atoms with Crippen LogP contribution >= 0.6 is 0 Å². The summed E-state index contributed by atoms with van der Waals surface area (Å²) in [6, 6.07) is 17.3. The molecule has 136 valence electrons. The zero-order valence-electron chi connectivity index (χ0n) is 14.3. The number of pyridine rings is 1. The molecule has 7 nitrogen and oxygen atoms in total. The minimum atomic E-state index is -3.85. The SMILES string of the molecule is Cn1c(=O)oc2cc(S(=O)(=O)Nc3ccc(-c4ccccc4)nc3)ccc21. The summed E-state index contributed by atoms with van der Waals surface area (Å²) in [7, 11) is -2.29. The number of nitrogens with one attached hydrogen (secondary N) is 1. The lowest BCUT2D eigenvalue weighted by molar-refractivity contribution is 0.527. The van der Waals surface area contributed by atoms with Gasteiger partial charge in [0, 0.05) is 18.7 Å². The minimum Gasteiger partial charge on any atom is -0.408 e. The van der Waals surface area contributed by atoms with Gasteiger partial charge in [0.25, 0.3) is 10.0 Å². The summed E-state index contributed by atoms with van der Waals surface area (Å²) in [5, 5.41) is 0. The summed E-state index contributed by atoms with van der Waals surface area (Å²) in [6.45, 7) is 0. The van der Waals surface area contributed by atoms with Crippen LogP contribution in [-0.2, 0) is 17.1 Å². The average molecular weight is 381 g/mol. The van der Waals surface area contributed by atoms with Gasteiger partial charge in [0.1, 0.15) is 0 Å². The van der Waals surface area contributed by atoms with Crippen LogP contribution in [-0.4, -0.2) is 18.0 Å². The molecule has 0 aliphatic rings. The first-order chi connectivity index (χ1) is 12.9. The third-order valence-electron chi connectivity index (χ3n) is 4.16. The lowest BCUT2D eigenvalue weighted by Crippen LogP contribution is -2.13. The summed E-state index contributed by atoms with van der Waals surface area (Å²) in [6.07, 6.45) is 1.46. The average Bonchev–Trinajstić information content (AvgIpc) is 2.96. The number of anilines is 1. The number of oxazole rings is 1. The first-order valence-corrected chi connectivity index (χ1v) is 9.56. The van der Waals surface area contributed by atoms with Crippen LogP contribution in [0.3, 0.4) is 0 Å². The molecule has 0 fully saturated rings. The van der Waals surface area contributed by atoms with Gasteiger partial charge >= 0.3 is 5.76 Å². The van der Waals surface area contributed by atoms with Crippen LogP contribution in [0.15, 0.2) is 81.0 Å². The van der Waals surface area contributed by atoms with Gasteiger partial charge in [-0.2, -0.15) is 0 Å². The molecule has 4 rings (SSSR count). The largest absolute Gasteiger partial charge is 0.419 e. The molecule has 0 saturated heterocycles. The second-order valence-electron chi connectivity index (χ2n) is 5.96. The fourth-order valence-corrected chi connectivity index (χ4v) is 3.79. The van der Waals surface area contributed by atoms with E-state index in [0.29, 0.717) is 11.2 Å². The molecule has 0 aliphatic carbocycles. The van der Waals surface area contributed by atoms with E-state index in [2.05, 4.69) is 9.71 Å². The highest BCUT2D eigenvalue weighted by Gasteiger charge is 2.17. The van der Waals surface area contributed by atoms with E-state index >= 15 is 0 Å². The monoisotopic (exact) mass is 381 g/mol. The molecule has 0 saturated carbocycles. The summed E-state index contributed by atoms with van der Waals surface area (Å²) in [4.78, 5) is 15.9. The maximum absolute atomic E-state index is 12.6. The molecule has 0 aliphatic heterocycles. The van der Waals surface area contributed by atoms with Crippen molar-refractivity contribution in [2.75, 3.05) is 4.72 Å². The van der Waals surface area contributed by atoms with Gasteiger partial charge in [0.05, 0.1) is 28.0 Å². The number of aryl methyl sites for hydroxylation is 1. The summed E-state index contributed by atoms with van der Waals surface area (Å²) < 4.78 is 34.1. The first kappa shape index (κ1) is 17.0. The van der Waals surface area contributed by atoms with E-state index < -0.39 is 15.8 Å². The van der Waals surface area contributed by atoms with E-state index in [0.717, 1.165) is 11.3 Å². The lowest BCUT2D eigenvalue weighted by atomic mass is 10.1. The van der Waals surface area contributed by atoms with E-state index in [-0.39, 0.29) is 10.5 Å². The van der Waals surface area contributed by atoms with Gasteiger partial charge in [-0.25, -0.2) is 13.2 Å². The first-order valence-electron chi connectivity index (χ1n) is 8.08. The van der Waals surface area contributed by atoms with Crippen LogP contribution in [0.2, 0.25) is 0 Å². The third-order valence-corrected chi connectivity index (χ3v) is 5.54. The number of hydrogen-bond donors (Lipinski definition) is 1. The zero-order valence-corrected chi connectivity index (χ0v) is 15.1. The molecule has 0 spiro atoms. The number of aromatic nitrogens is 2. The van der Waals surface area contributed by atoms with E-state index in [4.69, 9.17) is 4.42 Å². The van der Waals surface area contributed by atoms with Crippen molar-refractivity contribution in [1.82, 2.24) is 9.55 Å². The second kappa shape index (κ2) is 6.40. The molecule has 0 amide bonds. The Morgan fingerprint density at radius 1 is 1.04 bits per heavy atom. The summed E-state index contributed by atoms with van der Waals surface area (Å²) >= 11 is 0. The van der Waals surface area contributed by atoms with Crippen molar-refractivity contribution >= 4 is 26.8 Å². The summed E-state index contributed by atoms with van der Waals surface area (Å²) in [5.41, 5.74) is 2.75. The Kier molecular flexibility index (Phi) is 4.04. The number of sulfonamides is 1. The number of fused-ring (bicyclic) bond motifs is 1. The van der Waals surface area contributed by atoms with E-state index in [1.807, 2.05) is 30.3 Å². The van der Waals surface area contributed by atoms with Crippen LogP contribution in [0.4, 0.5) is 5.69 Å². The smallest absolute Gasteiger partial charge is 0.408 e. The number of rotatable bonds is 4. The molecule has 0 radical (unpaired) electrons. The van der Waals surface area contributed by atoms with Crippen molar-refractivity contribution in [3.05, 3.63) is 77.4 Å². The Morgan fingerprint density at radius 3 is 2.52 bits per heavy atom. The topological polar surface area (TPSA) is 94.2 Å². The highest BCUT2D eigenvalue weighted by molar-refractivity contribution is 7.92. The summed E-state index contributed by atoms with van der Waals surface area (Å²) in [5.74, 6) is -0.548. The van der Waals surface area contributed by atoms with E-state index in [9.17, 15) is 13.2 Å². The van der Waals surface area contributed by atoms with Crippen molar-refractivity contribution in [2.24, 2.45) is 7.05 Å². The molecule has 8 heteroatoms. The predicted octanol–water partition coefficient (Wildman–Crippen LogP) is 2.99. The van der Waals surface area contributed by atoms with Crippen LogP contribution in [0, 0.1) is 0 Å². The quantitative estimate of drug-likeness (QED) is 0.586. The van der Waals surface area contributed by atoms with Gasteiger partial charge in [-0.1, -0.05) is 30.3 Å². The fourth-order valence-electron chi connectivity index (χ4n) is 2.73. The molecule has 4 aromatic rings. The third kappa shape index (κ3) is 3.22. The maximum atomic E-state index is 12.6. The Labute approximate surface area is 155 Å². The van der Waals surface area contributed by atoms with Gasteiger partial charge in [-0.15, -0.1) is 0 Å². The molecule has 0 bridgehead atoms. The molecular weight excluding hydrogens is 366 g/mol. The van der Waals surface area contributed by atoms with Gasteiger partial charge in [0.2, 0.25) is 0 Å². The predicted molar refractivity (Wildman–Crippen MR) is 102 cm³/mol. The lowest BCUT2D eigenvalue weighted by Gasteiger charge is -2.08.